The zero-order valence-electron chi connectivity index (χ0n) is 13.1. The van der Waals surface area contributed by atoms with Crippen LogP contribution >= 0.6 is 0 Å². The van der Waals surface area contributed by atoms with Crippen molar-refractivity contribution in [2.24, 2.45) is 10.8 Å². The molecule has 1 aliphatic carbocycles. The number of hydrogen-bond acceptors (Lipinski definition) is 2. The molecule has 2 heteroatoms. The van der Waals surface area contributed by atoms with Gasteiger partial charge in [-0.2, -0.15) is 0 Å². The summed E-state index contributed by atoms with van der Waals surface area (Å²) in [6, 6.07) is 0. The highest BCUT2D eigenvalue weighted by molar-refractivity contribution is 5.37. The molecule has 0 radical (unpaired) electrons. The molecule has 2 atom stereocenters. The molecule has 0 heterocycles. The summed E-state index contributed by atoms with van der Waals surface area (Å²) in [7, 11) is 3.54. The van der Waals surface area contributed by atoms with E-state index in [1.807, 2.05) is 0 Å². The van der Waals surface area contributed by atoms with Gasteiger partial charge in [0.2, 0.25) is 0 Å². The van der Waals surface area contributed by atoms with E-state index in [4.69, 9.17) is 9.47 Å². The van der Waals surface area contributed by atoms with Crippen molar-refractivity contribution in [3.63, 3.8) is 0 Å². The van der Waals surface area contributed by atoms with Gasteiger partial charge in [-0.05, 0) is 34.1 Å². The van der Waals surface area contributed by atoms with E-state index in [2.05, 4.69) is 53.7 Å². The predicted molar refractivity (Wildman–Crippen MR) is 76.7 cm³/mol. The highest BCUT2D eigenvalue weighted by Gasteiger charge is 2.34. The smallest absolute Gasteiger partial charge is 0.0972 e. The van der Waals surface area contributed by atoms with Crippen molar-refractivity contribution in [2.75, 3.05) is 14.2 Å². The topological polar surface area (TPSA) is 18.5 Å². The summed E-state index contributed by atoms with van der Waals surface area (Å²) in [5.41, 5.74) is 2.78. The first kappa shape index (κ1) is 15.5. The summed E-state index contributed by atoms with van der Waals surface area (Å²) in [5.74, 6) is 0. The summed E-state index contributed by atoms with van der Waals surface area (Å²) in [6.45, 7) is 13.3. The fourth-order valence-corrected chi connectivity index (χ4v) is 2.44. The maximum Gasteiger partial charge on any atom is 0.0972 e. The van der Waals surface area contributed by atoms with Crippen LogP contribution < -0.4 is 0 Å². The van der Waals surface area contributed by atoms with Crippen LogP contribution in [0.5, 0.6) is 0 Å². The highest BCUT2D eigenvalue weighted by Crippen LogP contribution is 2.40. The second-order valence-electron chi connectivity index (χ2n) is 7.06. The lowest BCUT2D eigenvalue weighted by Crippen LogP contribution is -2.34. The summed E-state index contributed by atoms with van der Waals surface area (Å²) in [5, 5.41) is 0. The Labute approximate surface area is 112 Å². The van der Waals surface area contributed by atoms with Gasteiger partial charge in [0.05, 0.1) is 12.2 Å². The van der Waals surface area contributed by atoms with Gasteiger partial charge in [0, 0.05) is 14.2 Å². The molecular weight excluding hydrogens is 224 g/mol. The van der Waals surface area contributed by atoms with Crippen LogP contribution in [-0.4, -0.2) is 26.4 Å². The van der Waals surface area contributed by atoms with Crippen molar-refractivity contribution < 1.29 is 9.47 Å². The first-order valence-electron chi connectivity index (χ1n) is 6.61. The standard InChI is InChI=1S/C16H28O2/c1-15(2,3)11-9-14(18-8)12(16(4,5)6)10-13(11)17-7/h9-10,13-14H,1-8H3. The van der Waals surface area contributed by atoms with Crippen LogP contribution in [0.4, 0.5) is 0 Å². The fraction of sp³-hybridized carbons (Fsp3) is 0.750. The lowest BCUT2D eigenvalue weighted by molar-refractivity contribution is 0.115. The van der Waals surface area contributed by atoms with Gasteiger partial charge in [0.15, 0.2) is 0 Å². The van der Waals surface area contributed by atoms with Crippen molar-refractivity contribution in [2.45, 2.75) is 53.8 Å². The monoisotopic (exact) mass is 252 g/mol. The molecule has 18 heavy (non-hydrogen) atoms. The number of rotatable bonds is 2. The Hall–Kier alpha value is -0.600. The molecule has 0 aromatic rings. The molecule has 0 spiro atoms. The maximum atomic E-state index is 5.65. The number of methoxy groups -OCH3 is 2. The van der Waals surface area contributed by atoms with E-state index in [9.17, 15) is 0 Å². The van der Waals surface area contributed by atoms with Crippen LogP contribution in [0.1, 0.15) is 41.5 Å². The Morgan fingerprint density at radius 3 is 1.17 bits per heavy atom. The van der Waals surface area contributed by atoms with Gasteiger partial charge in [-0.15, -0.1) is 0 Å². The average Bonchev–Trinajstić information content (AvgIpc) is 2.24. The molecule has 0 amide bonds. The lowest BCUT2D eigenvalue weighted by Gasteiger charge is -2.38. The van der Waals surface area contributed by atoms with Crippen LogP contribution in [0.25, 0.3) is 0 Å². The maximum absolute atomic E-state index is 5.65. The Bertz CT molecular complexity index is 314. The van der Waals surface area contributed by atoms with Gasteiger partial charge in [-0.3, -0.25) is 0 Å². The third-order valence-corrected chi connectivity index (χ3v) is 3.51. The van der Waals surface area contributed by atoms with E-state index >= 15 is 0 Å². The first-order chi connectivity index (χ1) is 8.11. The van der Waals surface area contributed by atoms with Gasteiger partial charge in [0.25, 0.3) is 0 Å². The average molecular weight is 252 g/mol. The van der Waals surface area contributed by atoms with Crippen LogP contribution in [0.3, 0.4) is 0 Å². The molecule has 2 nitrogen and oxygen atoms in total. The summed E-state index contributed by atoms with van der Waals surface area (Å²) < 4.78 is 11.3. The normalized spacial score (nSPS) is 25.8. The Morgan fingerprint density at radius 1 is 0.722 bits per heavy atom. The van der Waals surface area contributed by atoms with Crippen LogP contribution in [0.15, 0.2) is 23.3 Å². The van der Waals surface area contributed by atoms with E-state index in [1.165, 1.54) is 11.1 Å². The lowest BCUT2D eigenvalue weighted by atomic mass is 9.73. The zero-order chi connectivity index (χ0) is 14.1. The minimum absolute atomic E-state index is 0.0608. The van der Waals surface area contributed by atoms with Gasteiger partial charge < -0.3 is 9.47 Å². The van der Waals surface area contributed by atoms with Gasteiger partial charge >= 0.3 is 0 Å². The third-order valence-electron chi connectivity index (χ3n) is 3.51. The second kappa shape index (κ2) is 5.18. The molecule has 0 N–H and O–H groups in total. The molecule has 0 bridgehead atoms. The van der Waals surface area contributed by atoms with E-state index < -0.39 is 0 Å². The van der Waals surface area contributed by atoms with Crippen molar-refractivity contribution in [3.05, 3.63) is 23.3 Å². The minimum atomic E-state index is 0.0608. The third kappa shape index (κ3) is 3.24. The molecule has 0 fully saturated rings. The molecule has 1 aliphatic rings. The molecule has 0 aliphatic heterocycles. The van der Waals surface area contributed by atoms with Crippen LogP contribution in [-0.2, 0) is 9.47 Å². The predicted octanol–water partition coefficient (Wildman–Crippen LogP) is 3.98. The fourth-order valence-electron chi connectivity index (χ4n) is 2.44. The largest absolute Gasteiger partial charge is 0.373 e. The molecular formula is C16H28O2. The molecule has 2 unspecified atom stereocenters. The first-order valence-corrected chi connectivity index (χ1v) is 6.61. The zero-order valence-corrected chi connectivity index (χ0v) is 13.1. The van der Waals surface area contributed by atoms with E-state index in [-0.39, 0.29) is 23.0 Å². The van der Waals surface area contributed by atoms with E-state index in [0.29, 0.717) is 0 Å². The van der Waals surface area contributed by atoms with Crippen molar-refractivity contribution >= 4 is 0 Å². The second-order valence-corrected chi connectivity index (χ2v) is 7.06. The number of hydrogen-bond donors (Lipinski definition) is 0. The van der Waals surface area contributed by atoms with Gasteiger partial charge in [-0.25, -0.2) is 0 Å². The molecule has 1 rings (SSSR count). The summed E-state index contributed by atoms with van der Waals surface area (Å²) in [4.78, 5) is 0. The Morgan fingerprint density at radius 2 is 1.00 bits per heavy atom. The summed E-state index contributed by atoms with van der Waals surface area (Å²) >= 11 is 0. The van der Waals surface area contributed by atoms with Crippen molar-refractivity contribution in [1.82, 2.24) is 0 Å². The van der Waals surface area contributed by atoms with Crippen molar-refractivity contribution in [3.8, 4) is 0 Å². The highest BCUT2D eigenvalue weighted by atomic mass is 16.5. The van der Waals surface area contributed by atoms with E-state index in [1.54, 1.807) is 14.2 Å². The van der Waals surface area contributed by atoms with Gasteiger partial charge in [-0.1, -0.05) is 41.5 Å². The quantitative estimate of drug-likeness (QED) is 0.692. The van der Waals surface area contributed by atoms with E-state index in [0.717, 1.165) is 0 Å². The summed E-state index contributed by atoms with van der Waals surface area (Å²) in [6.07, 6.45) is 4.58. The Kier molecular flexibility index (Phi) is 4.45. The minimum Gasteiger partial charge on any atom is -0.373 e. The Balaban J connectivity index is 3.20. The molecule has 0 saturated heterocycles. The molecule has 0 saturated carbocycles. The molecule has 104 valence electrons. The SMILES string of the molecule is COC1C=C(C(C)(C)C)C(OC)C=C1C(C)(C)C. The van der Waals surface area contributed by atoms with Crippen LogP contribution in [0.2, 0.25) is 0 Å². The molecule has 0 aromatic heterocycles. The van der Waals surface area contributed by atoms with Crippen LogP contribution in [0, 0.1) is 10.8 Å². The number of ether oxygens (including phenoxy) is 2. The van der Waals surface area contributed by atoms with Gasteiger partial charge in [0.1, 0.15) is 0 Å². The molecule has 0 aromatic carbocycles. The van der Waals surface area contributed by atoms with Crippen molar-refractivity contribution in [1.29, 1.82) is 0 Å².